The van der Waals surface area contributed by atoms with Crippen LogP contribution in [0.25, 0.3) is 77.1 Å². The monoisotopic (exact) mass is 816 g/mol. The fourth-order valence-electron chi connectivity index (χ4n) is 13.8. The molecule has 0 saturated heterocycles. The molecule has 0 radical (unpaired) electrons. The van der Waals surface area contributed by atoms with E-state index in [1.807, 2.05) is 0 Å². The Bertz CT molecular complexity index is 3840. The second-order valence-electron chi connectivity index (χ2n) is 20.8. The summed E-state index contributed by atoms with van der Waals surface area (Å²) < 4.78 is 2.76. The van der Waals surface area contributed by atoms with E-state index in [0.29, 0.717) is 0 Å². The van der Waals surface area contributed by atoms with E-state index >= 15 is 0 Å². The molecular weight excluding hydrogens is 771 g/mol. The summed E-state index contributed by atoms with van der Waals surface area (Å²) in [6.07, 6.45) is 0. The Morgan fingerprint density at radius 1 is 0.422 bits per heavy atom. The first kappa shape index (κ1) is 35.4. The Balaban J connectivity index is 1.15. The molecule has 3 heteroatoms. The zero-order valence-corrected chi connectivity index (χ0v) is 37.1. The van der Waals surface area contributed by atoms with Crippen molar-refractivity contribution in [2.75, 3.05) is 4.90 Å². The van der Waals surface area contributed by atoms with Gasteiger partial charge in [0.2, 0.25) is 0 Å². The van der Waals surface area contributed by atoms with Crippen molar-refractivity contribution >= 4 is 67.4 Å². The topological polar surface area (TPSA) is 8.17 Å². The fourth-order valence-corrected chi connectivity index (χ4v) is 13.8. The normalized spacial score (nSPS) is 16.6. The molecule has 1 aromatic heterocycles. The summed E-state index contributed by atoms with van der Waals surface area (Å²) in [5.41, 5.74) is 27.9. The van der Waals surface area contributed by atoms with Crippen molar-refractivity contribution in [3.63, 3.8) is 0 Å². The number of anilines is 3. The Morgan fingerprint density at radius 2 is 1.02 bits per heavy atom. The molecule has 0 saturated carbocycles. The van der Waals surface area contributed by atoms with Gasteiger partial charge in [-0.1, -0.05) is 175 Å². The molecule has 64 heavy (non-hydrogen) atoms. The van der Waals surface area contributed by atoms with Crippen LogP contribution in [-0.4, -0.2) is 11.3 Å². The summed E-state index contributed by atoms with van der Waals surface area (Å²) in [6.45, 7) is 14.5. The van der Waals surface area contributed by atoms with Gasteiger partial charge in [-0.15, -0.1) is 0 Å². The maximum absolute atomic E-state index is 2.76. The zero-order chi connectivity index (χ0) is 42.8. The van der Waals surface area contributed by atoms with Crippen LogP contribution in [0.3, 0.4) is 0 Å². The van der Waals surface area contributed by atoms with Crippen LogP contribution in [0, 0.1) is 0 Å². The third-order valence-electron chi connectivity index (χ3n) is 16.7. The highest BCUT2D eigenvalue weighted by Gasteiger charge is 2.50. The number of hydrogen-bond acceptors (Lipinski definition) is 1. The molecule has 0 atom stereocenters. The van der Waals surface area contributed by atoms with Crippen LogP contribution in [0.1, 0.15) is 74.9 Å². The second-order valence-corrected chi connectivity index (χ2v) is 20.8. The maximum atomic E-state index is 2.76. The molecule has 302 valence electrons. The highest BCUT2D eigenvalue weighted by Crippen LogP contribution is 2.60. The third kappa shape index (κ3) is 3.95. The van der Waals surface area contributed by atoms with Crippen LogP contribution < -0.4 is 15.8 Å². The molecule has 3 aliphatic carbocycles. The lowest BCUT2D eigenvalue weighted by Crippen LogP contribution is -2.57. The van der Waals surface area contributed by atoms with Gasteiger partial charge in [-0.3, -0.25) is 0 Å². The van der Waals surface area contributed by atoms with Crippen molar-refractivity contribution in [2.24, 2.45) is 0 Å². The Kier molecular flexibility index (Phi) is 6.27. The van der Waals surface area contributed by atoms with Gasteiger partial charge in [0.15, 0.2) is 0 Å². The van der Waals surface area contributed by atoms with E-state index in [9.17, 15) is 0 Å². The lowest BCUT2D eigenvalue weighted by atomic mass is 9.44. The van der Waals surface area contributed by atoms with E-state index < -0.39 is 0 Å². The average molecular weight is 817 g/mol. The van der Waals surface area contributed by atoms with E-state index in [1.165, 1.54) is 138 Å². The number of para-hydroxylation sites is 1. The molecule has 0 unspecified atom stereocenters. The molecule has 15 rings (SSSR count). The molecule has 3 heterocycles. The van der Waals surface area contributed by atoms with Gasteiger partial charge in [-0.2, -0.15) is 0 Å². The van der Waals surface area contributed by atoms with E-state index in [-0.39, 0.29) is 23.1 Å². The highest BCUT2D eigenvalue weighted by molar-refractivity contribution is 6.90. The van der Waals surface area contributed by atoms with Crippen molar-refractivity contribution < 1.29 is 0 Å². The van der Waals surface area contributed by atoms with E-state index in [4.69, 9.17) is 0 Å². The molecule has 2 nitrogen and oxygen atoms in total. The summed E-state index contributed by atoms with van der Waals surface area (Å²) in [5, 5.41) is 5.27. The van der Waals surface area contributed by atoms with Gasteiger partial charge in [0, 0.05) is 60.6 Å². The predicted molar refractivity (Wildman–Crippen MR) is 270 cm³/mol. The van der Waals surface area contributed by atoms with Gasteiger partial charge in [0.05, 0.1) is 5.69 Å². The number of nitrogens with zero attached hydrogens (tertiary/aromatic N) is 2. The van der Waals surface area contributed by atoms with Crippen LogP contribution in [0.4, 0.5) is 17.1 Å². The second kappa shape index (κ2) is 11.3. The molecule has 0 amide bonds. The smallest absolute Gasteiger partial charge is 0.333 e. The SMILES string of the molecule is CC1(C)c2ccccc2-c2cc(N3c4cc5c(cc4B4c6c(cc7c(c63)-c3ccccc3C7(C)C)-c3cccc6c7c8ccccc8ccc7n4c36)C(C)(C)c3ccccc3-5)ccc21. The number of fused-ring (bicyclic) bond motifs is 19. The first-order valence-electron chi connectivity index (χ1n) is 23.1. The van der Waals surface area contributed by atoms with Gasteiger partial charge in [-0.25, -0.2) is 0 Å². The number of aromatic nitrogens is 1. The average Bonchev–Trinajstić information content (AvgIpc) is 3.94. The summed E-state index contributed by atoms with van der Waals surface area (Å²) in [5.74, 6) is 0. The molecule has 0 fully saturated rings. The van der Waals surface area contributed by atoms with Crippen molar-refractivity contribution in [3.8, 4) is 44.5 Å². The largest absolute Gasteiger partial charge is 0.375 e. The Labute approximate surface area is 374 Å². The van der Waals surface area contributed by atoms with Crippen molar-refractivity contribution in [3.05, 3.63) is 197 Å². The quantitative estimate of drug-likeness (QED) is 0.150. The van der Waals surface area contributed by atoms with Crippen molar-refractivity contribution in [1.82, 2.24) is 4.48 Å². The van der Waals surface area contributed by atoms with Crippen molar-refractivity contribution in [1.29, 1.82) is 0 Å². The van der Waals surface area contributed by atoms with Crippen LogP contribution in [-0.2, 0) is 16.2 Å². The van der Waals surface area contributed by atoms with E-state index in [1.54, 1.807) is 0 Å². The molecule has 0 spiro atoms. The Morgan fingerprint density at radius 3 is 1.78 bits per heavy atom. The molecule has 9 aromatic carbocycles. The number of rotatable bonds is 1. The Hall–Kier alpha value is -7.10. The maximum Gasteiger partial charge on any atom is 0.333 e. The lowest BCUT2D eigenvalue weighted by molar-refractivity contribution is 0.660. The zero-order valence-electron chi connectivity index (χ0n) is 37.1. The third-order valence-corrected chi connectivity index (χ3v) is 16.7. The van der Waals surface area contributed by atoms with Gasteiger partial charge >= 0.3 is 6.85 Å². The first-order valence-corrected chi connectivity index (χ1v) is 23.1. The fraction of sp³-hybridized carbons (Fsp3) is 0.148. The van der Waals surface area contributed by atoms with Crippen LogP contribution in [0.15, 0.2) is 164 Å². The van der Waals surface area contributed by atoms with Gasteiger partial charge in [-0.05, 0) is 119 Å². The van der Waals surface area contributed by atoms with E-state index in [2.05, 4.69) is 215 Å². The van der Waals surface area contributed by atoms with Gasteiger partial charge < -0.3 is 9.38 Å². The van der Waals surface area contributed by atoms with Crippen LogP contribution in [0.5, 0.6) is 0 Å². The molecular formula is C61H45BN2. The molecule has 10 aromatic rings. The summed E-state index contributed by atoms with van der Waals surface area (Å²) >= 11 is 0. The summed E-state index contributed by atoms with van der Waals surface area (Å²) in [7, 11) is 0. The predicted octanol–water partition coefficient (Wildman–Crippen LogP) is 14.3. The lowest BCUT2D eigenvalue weighted by Gasteiger charge is -2.43. The standard InChI is InChI=1S/C61H45BN2/c1-59(2)45-23-12-9-18-37(45)42-30-35(27-28-48(42)59)63-53-32-43-38-19-10-13-24-46(38)60(3,4)49(43)33-51(53)62-56-44(31-50-55(58(56)63)40-20-11-14-25-47(40)61(50,5)6)39-21-15-22-41-54-36-17-8-7-16-34(36)26-29-52(54)64(62)57(39)41/h7-33H,1-6H3. The molecule has 0 N–H and O–H groups in total. The molecule has 2 aliphatic heterocycles. The molecule has 5 aliphatic rings. The molecule has 0 bridgehead atoms. The first-order chi connectivity index (χ1) is 31.0. The van der Waals surface area contributed by atoms with E-state index in [0.717, 1.165) is 0 Å². The summed E-state index contributed by atoms with van der Waals surface area (Å²) in [4.78, 5) is 2.72. The van der Waals surface area contributed by atoms with Crippen LogP contribution in [0.2, 0.25) is 0 Å². The van der Waals surface area contributed by atoms with Gasteiger partial charge in [0.25, 0.3) is 0 Å². The van der Waals surface area contributed by atoms with Crippen molar-refractivity contribution in [2.45, 2.75) is 57.8 Å². The minimum absolute atomic E-state index is 0.0626. The highest BCUT2D eigenvalue weighted by atomic mass is 15.2. The summed E-state index contributed by atoms with van der Waals surface area (Å²) in [6, 6.07) is 63.6. The number of benzene rings is 9. The van der Waals surface area contributed by atoms with Crippen LogP contribution >= 0.6 is 0 Å². The van der Waals surface area contributed by atoms with Gasteiger partial charge in [0.1, 0.15) is 0 Å². The minimum atomic E-state index is -0.199. The number of hydrogen-bond donors (Lipinski definition) is 0. The minimum Gasteiger partial charge on any atom is -0.375 e.